The van der Waals surface area contributed by atoms with Crippen molar-refractivity contribution < 1.29 is 9.59 Å². The Balaban J connectivity index is 1.96. The average Bonchev–Trinajstić information content (AvgIpc) is 2.67. The Labute approximate surface area is 120 Å². The van der Waals surface area contributed by atoms with Gasteiger partial charge in [-0.2, -0.15) is 0 Å². The third kappa shape index (κ3) is 3.07. The highest BCUT2D eigenvalue weighted by atomic mass is 16.2. The number of amides is 2. The summed E-state index contributed by atoms with van der Waals surface area (Å²) in [7, 11) is 0. The molecule has 2 atom stereocenters. The fourth-order valence-electron chi connectivity index (χ4n) is 2.72. The zero-order valence-electron chi connectivity index (χ0n) is 12.3. The first-order valence-electron chi connectivity index (χ1n) is 7.17. The van der Waals surface area contributed by atoms with E-state index in [2.05, 4.69) is 31.3 Å². The molecule has 0 aliphatic carbocycles. The minimum atomic E-state index is -0.360. The van der Waals surface area contributed by atoms with E-state index in [0.29, 0.717) is 6.54 Å². The second-order valence-corrected chi connectivity index (χ2v) is 5.43. The molecule has 1 aliphatic heterocycles. The van der Waals surface area contributed by atoms with Crippen molar-refractivity contribution in [1.29, 1.82) is 0 Å². The summed E-state index contributed by atoms with van der Waals surface area (Å²) >= 11 is 0. The maximum Gasteiger partial charge on any atom is 0.246 e. The highest BCUT2D eigenvalue weighted by Gasteiger charge is 2.37. The van der Waals surface area contributed by atoms with Crippen molar-refractivity contribution in [1.82, 2.24) is 10.2 Å². The number of hydrogen-bond acceptors (Lipinski definition) is 3. The predicted octanol–water partition coefficient (Wildman–Crippen LogP) is 1.66. The van der Waals surface area contributed by atoms with Crippen molar-refractivity contribution >= 4 is 11.8 Å². The van der Waals surface area contributed by atoms with E-state index in [1.54, 1.807) is 0 Å². The molecule has 1 saturated heterocycles. The smallest absolute Gasteiger partial charge is 0.246 e. The van der Waals surface area contributed by atoms with Crippen LogP contribution in [0.3, 0.4) is 0 Å². The van der Waals surface area contributed by atoms with Gasteiger partial charge in [0.25, 0.3) is 0 Å². The van der Waals surface area contributed by atoms with Crippen molar-refractivity contribution in [2.24, 2.45) is 0 Å². The van der Waals surface area contributed by atoms with Gasteiger partial charge in [-0.25, -0.2) is 0 Å². The quantitative estimate of drug-likeness (QED) is 0.831. The minimum Gasteiger partial charge on any atom is -0.303 e. The lowest BCUT2D eigenvalue weighted by atomic mass is 10.0. The minimum absolute atomic E-state index is 0.0712. The molecule has 2 amide bonds. The van der Waals surface area contributed by atoms with Gasteiger partial charge in [-0.05, 0) is 38.3 Å². The first kappa shape index (κ1) is 14.7. The molecule has 0 spiro atoms. The maximum atomic E-state index is 12.0. The number of likely N-dealkylation sites (N-methyl/N-ethyl adjacent to an activating group) is 1. The molecule has 2 unspecified atom stereocenters. The largest absolute Gasteiger partial charge is 0.303 e. The van der Waals surface area contributed by atoms with E-state index in [1.807, 2.05) is 19.1 Å². The summed E-state index contributed by atoms with van der Waals surface area (Å²) in [4.78, 5) is 25.1. The van der Waals surface area contributed by atoms with Crippen LogP contribution in [-0.2, 0) is 16.0 Å². The molecule has 2 rings (SSSR count). The average molecular weight is 274 g/mol. The van der Waals surface area contributed by atoms with Gasteiger partial charge in [-0.3, -0.25) is 14.5 Å². The first-order chi connectivity index (χ1) is 9.52. The van der Waals surface area contributed by atoms with Crippen LogP contribution < -0.4 is 5.32 Å². The highest BCUT2D eigenvalue weighted by Crippen LogP contribution is 2.15. The van der Waals surface area contributed by atoms with E-state index in [-0.39, 0.29) is 30.3 Å². The van der Waals surface area contributed by atoms with E-state index < -0.39 is 0 Å². The number of nitrogens with one attached hydrogen (secondary N) is 1. The molecule has 1 fully saturated rings. The molecule has 0 radical (unpaired) electrons. The lowest BCUT2D eigenvalue weighted by molar-refractivity contribution is -0.138. The fraction of sp³-hybridized carbons (Fsp3) is 0.500. The van der Waals surface area contributed by atoms with Crippen LogP contribution in [0.4, 0.5) is 0 Å². The van der Waals surface area contributed by atoms with Gasteiger partial charge in [-0.15, -0.1) is 0 Å². The Morgan fingerprint density at radius 2 is 2.05 bits per heavy atom. The number of imide groups is 1. The van der Waals surface area contributed by atoms with Gasteiger partial charge in [0.1, 0.15) is 0 Å². The summed E-state index contributed by atoms with van der Waals surface area (Å²) in [5.41, 5.74) is 2.53. The third-order valence-electron chi connectivity index (χ3n) is 3.83. The summed E-state index contributed by atoms with van der Waals surface area (Å²) in [6.45, 7) is 6.43. The molecule has 1 heterocycles. The van der Waals surface area contributed by atoms with E-state index in [9.17, 15) is 9.59 Å². The van der Waals surface area contributed by atoms with Crippen LogP contribution in [0.25, 0.3) is 0 Å². The van der Waals surface area contributed by atoms with Crippen LogP contribution in [0.15, 0.2) is 24.3 Å². The molecular weight excluding hydrogens is 252 g/mol. The second-order valence-electron chi connectivity index (χ2n) is 5.43. The van der Waals surface area contributed by atoms with Crippen LogP contribution in [0.1, 0.15) is 31.4 Å². The number of carbonyl (C=O) groups is 2. The fourth-order valence-corrected chi connectivity index (χ4v) is 2.72. The Morgan fingerprint density at radius 3 is 2.65 bits per heavy atom. The van der Waals surface area contributed by atoms with Crippen molar-refractivity contribution in [3.63, 3.8) is 0 Å². The molecule has 4 nitrogen and oxygen atoms in total. The van der Waals surface area contributed by atoms with E-state index in [1.165, 1.54) is 16.0 Å². The molecule has 4 heteroatoms. The first-order valence-corrected chi connectivity index (χ1v) is 7.17. The number of aryl methyl sites for hydroxylation is 1. The van der Waals surface area contributed by atoms with Gasteiger partial charge in [0.15, 0.2) is 0 Å². The standard InChI is InChI=1S/C16H22N2O2/c1-4-18-15(19)10-14(16(18)20)17-12(3)9-13-8-6-5-7-11(13)2/h5-8,12,14,17H,4,9-10H2,1-3H3. The number of benzene rings is 1. The second kappa shape index (κ2) is 6.18. The van der Waals surface area contributed by atoms with Crippen LogP contribution in [0.5, 0.6) is 0 Å². The monoisotopic (exact) mass is 274 g/mol. The zero-order chi connectivity index (χ0) is 14.7. The number of hydrogen-bond donors (Lipinski definition) is 1. The summed E-state index contributed by atoms with van der Waals surface area (Å²) in [6, 6.07) is 8.04. The predicted molar refractivity (Wildman–Crippen MR) is 78.3 cm³/mol. The Morgan fingerprint density at radius 1 is 1.35 bits per heavy atom. The Hall–Kier alpha value is -1.68. The van der Waals surface area contributed by atoms with E-state index in [0.717, 1.165) is 6.42 Å². The highest BCUT2D eigenvalue weighted by molar-refractivity contribution is 6.05. The third-order valence-corrected chi connectivity index (χ3v) is 3.83. The molecule has 1 aromatic carbocycles. The summed E-state index contributed by atoms with van der Waals surface area (Å²) < 4.78 is 0. The molecule has 1 aliphatic rings. The van der Waals surface area contributed by atoms with Crippen LogP contribution >= 0.6 is 0 Å². The topological polar surface area (TPSA) is 49.4 Å². The molecular formula is C16H22N2O2. The maximum absolute atomic E-state index is 12.0. The molecule has 1 aromatic rings. The Kier molecular flexibility index (Phi) is 4.55. The number of nitrogens with zero attached hydrogens (tertiary/aromatic N) is 1. The molecule has 108 valence electrons. The van der Waals surface area contributed by atoms with Crippen LogP contribution in [0, 0.1) is 6.92 Å². The lowest BCUT2D eigenvalue weighted by Crippen LogP contribution is -2.43. The zero-order valence-corrected chi connectivity index (χ0v) is 12.3. The van der Waals surface area contributed by atoms with Gasteiger partial charge in [0.05, 0.1) is 12.5 Å². The summed E-state index contributed by atoms with van der Waals surface area (Å²) in [6.07, 6.45) is 1.14. The van der Waals surface area contributed by atoms with Crippen molar-refractivity contribution in [3.8, 4) is 0 Å². The van der Waals surface area contributed by atoms with Gasteiger partial charge >= 0.3 is 0 Å². The van der Waals surface area contributed by atoms with E-state index >= 15 is 0 Å². The molecule has 1 N–H and O–H groups in total. The molecule has 0 saturated carbocycles. The number of carbonyl (C=O) groups excluding carboxylic acids is 2. The van der Waals surface area contributed by atoms with Gasteiger partial charge in [0, 0.05) is 12.6 Å². The van der Waals surface area contributed by atoms with Crippen LogP contribution in [0.2, 0.25) is 0 Å². The van der Waals surface area contributed by atoms with Gasteiger partial charge in [-0.1, -0.05) is 24.3 Å². The lowest BCUT2D eigenvalue weighted by Gasteiger charge is -2.19. The van der Waals surface area contributed by atoms with Gasteiger partial charge < -0.3 is 5.32 Å². The van der Waals surface area contributed by atoms with Crippen LogP contribution in [-0.4, -0.2) is 35.3 Å². The number of likely N-dealkylation sites (tertiary alicyclic amines) is 1. The van der Waals surface area contributed by atoms with Crippen molar-refractivity contribution in [2.45, 2.75) is 45.7 Å². The van der Waals surface area contributed by atoms with Gasteiger partial charge in [0.2, 0.25) is 11.8 Å². The summed E-state index contributed by atoms with van der Waals surface area (Å²) in [5.74, 6) is -0.160. The van der Waals surface area contributed by atoms with Crippen molar-refractivity contribution in [3.05, 3.63) is 35.4 Å². The Bertz CT molecular complexity index is 513. The summed E-state index contributed by atoms with van der Waals surface area (Å²) in [5, 5.41) is 3.29. The number of rotatable bonds is 5. The molecule has 0 aromatic heterocycles. The normalized spacial score (nSPS) is 20.6. The molecule has 0 bridgehead atoms. The SMILES string of the molecule is CCN1C(=O)CC(NC(C)Cc2ccccc2C)C1=O. The van der Waals surface area contributed by atoms with Crippen molar-refractivity contribution in [2.75, 3.05) is 6.54 Å². The van der Waals surface area contributed by atoms with E-state index in [4.69, 9.17) is 0 Å². The molecule has 20 heavy (non-hydrogen) atoms.